The first-order valence-electron chi connectivity index (χ1n) is 6.01. The highest BCUT2D eigenvalue weighted by molar-refractivity contribution is 8.02. The van der Waals surface area contributed by atoms with Crippen molar-refractivity contribution in [3.8, 4) is 0 Å². The molecule has 2 atom stereocenters. The van der Waals surface area contributed by atoms with Gasteiger partial charge in [-0.05, 0) is 26.7 Å². The summed E-state index contributed by atoms with van der Waals surface area (Å²) < 4.78 is 6.30. The van der Waals surface area contributed by atoms with Gasteiger partial charge in [0.1, 0.15) is 5.01 Å². The van der Waals surface area contributed by atoms with Crippen molar-refractivity contribution in [2.24, 2.45) is 0 Å². The molecule has 0 saturated carbocycles. The predicted octanol–water partition coefficient (Wildman–Crippen LogP) is 1.62. The smallest absolute Gasteiger partial charge is 0.233 e. The fourth-order valence-electron chi connectivity index (χ4n) is 1.69. The summed E-state index contributed by atoms with van der Waals surface area (Å²) in [7, 11) is 0. The van der Waals surface area contributed by atoms with Crippen molar-refractivity contribution in [3.05, 3.63) is 5.01 Å². The largest absolute Gasteiger partial charge is 0.376 e. The van der Waals surface area contributed by atoms with Crippen molar-refractivity contribution in [2.45, 2.75) is 42.4 Å². The molecule has 1 N–H and O–H groups in total. The van der Waals surface area contributed by atoms with Gasteiger partial charge in [0.15, 0.2) is 4.34 Å². The monoisotopic (exact) mass is 287 g/mol. The molecule has 2 heterocycles. The molecule has 0 radical (unpaired) electrons. The number of rotatable bonds is 5. The number of amides is 1. The predicted molar refractivity (Wildman–Crippen MR) is 71.9 cm³/mol. The third kappa shape index (κ3) is 3.93. The molecule has 0 bridgehead atoms. The zero-order chi connectivity index (χ0) is 13.0. The van der Waals surface area contributed by atoms with E-state index in [-0.39, 0.29) is 17.3 Å². The van der Waals surface area contributed by atoms with Gasteiger partial charge >= 0.3 is 0 Å². The number of aryl methyl sites for hydroxylation is 1. The Kier molecular flexibility index (Phi) is 4.96. The van der Waals surface area contributed by atoms with Gasteiger partial charge in [-0.15, -0.1) is 10.2 Å². The number of thioether (sulfide) groups is 1. The van der Waals surface area contributed by atoms with E-state index in [0.717, 1.165) is 28.8 Å². The lowest BCUT2D eigenvalue weighted by Gasteiger charge is -2.13. The fourth-order valence-corrected chi connectivity index (χ4v) is 3.68. The summed E-state index contributed by atoms with van der Waals surface area (Å²) in [5.74, 6) is 0.0309. The number of carbonyl (C=O) groups is 1. The molecule has 1 fully saturated rings. The van der Waals surface area contributed by atoms with Crippen LogP contribution in [0.1, 0.15) is 24.8 Å². The lowest BCUT2D eigenvalue weighted by Crippen LogP contribution is -2.36. The SMILES string of the molecule is Cc1nnc(SC(C)C(=O)NCC2CCCO2)s1. The number of nitrogens with zero attached hydrogens (tertiary/aromatic N) is 2. The molecule has 2 rings (SSSR count). The minimum Gasteiger partial charge on any atom is -0.376 e. The second-order valence-electron chi connectivity index (χ2n) is 4.23. The van der Waals surface area contributed by atoms with Gasteiger partial charge in [0.25, 0.3) is 0 Å². The summed E-state index contributed by atoms with van der Waals surface area (Å²) in [6, 6.07) is 0. The van der Waals surface area contributed by atoms with E-state index < -0.39 is 0 Å². The molecule has 1 aliphatic rings. The number of carbonyl (C=O) groups excluding carboxylic acids is 1. The molecular weight excluding hydrogens is 270 g/mol. The van der Waals surface area contributed by atoms with Crippen molar-refractivity contribution in [2.75, 3.05) is 13.2 Å². The Bertz CT molecular complexity index is 405. The van der Waals surface area contributed by atoms with Crippen LogP contribution >= 0.6 is 23.1 Å². The molecule has 1 aliphatic heterocycles. The van der Waals surface area contributed by atoms with Crippen LogP contribution in [0.15, 0.2) is 4.34 Å². The first-order valence-corrected chi connectivity index (χ1v) is 7.71. The average molecular weight is 287 g/mol. The van der Waals surface area contributed by atoms with Crippen LogP contribution in [-0.4, -0.2) is 40.6 Å². The van der Waals surface area contributed by atoms with Crippen LogP contribution in [0.5, 0.6) is 0 Å². The number of hydrogen-bond acceptors (Lipinski definition) is 6. The zero-order valence-corrected chi connectivity index (χ0v) is 12.1. The maximum Gasteiger partial charge on any atom is 0.233 e. The first kappa shape index (κ1) is 13.8. The van der Waals surface area contributed by atoms with Gasteiger partial charge in [-0.3, -0.25) is 4.79 Å². The van der Waals surface area contributed by atoms with E-state index in [0.29, 0.717) is 6.54 Å². The molecule has 0 spiro atoms. The third-order valence-electron chi connectivity index (χ3n) is 2.68. The third-order valence-corrected chi connectivity index (χ3v) is 4.71. The van der Waals surface area contributed by atoms with Crippen molar-refractivity contribution < 1.29 is 9.53 Å². The van der Waals surface area contributed by atoms with Crippen LogP contribution in [0, 0.1) is 6.92 Å². The minimum absolute atomic E-state index is 0.0309. The number of hydrogen-bond donors (Lipinski definition) is 1. The Labute approximate surface area is 115 Å². The molecular formula is C11H17N3O2S2. The van der Waals surface area contributed by atoms with Gasteiger partial charge in [-0.25, -0.2) is 0 Å². The Morgan fingerprint density at radius 3 is 3.11 bits per heavy atom. The molecule has 7 heteroatoms. The second kappa shape index (κ2) is 6.49. The Morgan fingerprint density at radius 2 is 2.50 bits per heavy atom. The Hall–Kier alpha value is -0.660. The number of ether oxygens (including phenoxy) is 1. The topological polar surface area (TPSA) is 64.1 Å². The second-order valence-corrected chi connectivity index (χ2v) is 7.00. The Balaban J connectivity index is 1.74. The maximum absolute atomic E-state index is 11.9. The van der Waals surface area contributed by atoms with Gasteiger partial charge < -0.3 is 10.1 Å². The van der Waals surface area contributed by atoms with Gasteiger partial charge in [0.05, 0.1) is 11.4 Å². The van der Waals surface area contributed by atoms with Gasteiger partial charge in [-0.1, -0.05) is 23.1 Å². The highest BCUT2D eigenvalue weighted by atomic mass is 32.2. The Morgan fingerprint density at radius 1 is 1.67 bits per heavy atom. The zero-order valence-electron chi connectivity index (χ0n) is 10.5. The normalized spacial score (nSPS) is 20.9. The quantitative estimate of drug-likeness (QED) is 0.834. The average Bonchev–Trinajstić information content (AvgIpc) is 2.97. The van der Waals surface area contributed by atoms with Crippen LogP contribution in [-0.2, 0) is 9.53 Å². The van der Waals surface area contributed by atoms with Gasteiger partial charge in [-0.2, -0.15) is 0 Å². The fraction of sp³-hybridized carbons (Fsp3) is 0.727. The van der Waals surface area contributed by atoms with Crippen LogP contribution in [0.2, 0.25) is 0 Å². The molecule has 1 amide bonds. The van der Waals surface area contributed by atoms with Crippen molar-refractivity contribution in [3.63, 3.8) is 0 Å². The van der Waals surface area contributed by atoms with E-state index in [1.165, 1.54) is 23.1 Å². The summed E-state index contributed by atoms with van der Waals surface area (Å²) in [5, 5.41) is 11.6. The van der Waals surface area contributed by atoms with Crippen LogP contribution in [0.4, 0.5) is 0 Å². The summed E-state index contributed by atoms with van der Waals surface area (Å²) >= 11 is 2.96. The van der Waals surface area contributed by atoms with Crippen LogP contribution in [0.3, 0.4) is 0 Å². The standard InChI is InChI=1S/C11H17N3O2S2/c1-7(17-11-14-13-8(2)18-11)10(15)12-6-9-4-3-5-16-9/h7,9H,3-6H2,1-2H3,(H,12,15). The van der Waals surface area contributed by atoms with Crippen LogP contribution in [0.25, 0.3) is 0 Å². The molecule has 0 aromatic carbocycles. The van der Waals surface area contributed by atoms with E-state index in [2.05, 4.69) is 15.5 Å². The lowest BCUT2D eigenvalue weighted by molar-refractivity contribution is -0.120. The van der Waals surface area contributed by atoms with Crippen molar-refractivity contribution in [1.29, 1.82) is 0 Å². The molecule has 1 aromatic heterocycles. The van der Waals surface area contributed by atoms with Gasteiger partial charge in [0, 0.05) is 13.2 Å². The van der Waals surface area contributed by atoms with Gasteiger partial charge in [0.2, 0.25) is 5.91 Å². The highest BCUT2D eigenvalue weighted by Crippen LogP contribution is 2.26. The van der Waals surface area contributed by atoms with E-state index in [1.807, 2.05) is 13.8 Å². The molecule has 1 saturated heterocycles. The molecule has 0 aliphatic carbocycles. The van der Waals surface area contributed by atoms with Crippen LogP contribution < -0.4 is 5.32 Å². The maximum atomic E-state index is 11.9. The van der Waals surface area contributed by atoms with Crippen molar-refractivity contribution >= 4 is 29.0 Å². The molecule has 2 unspecified atom stereocenters. The van der Waals surface area contributed by atoms with E-state index >= 15 is 0 Å². The minimum atomic E-state index is -0.154. The highest BCUT2D eigenvalue weighted by Gasteiger charge is 2.20. The number of nitrogens with one attached hydrogen (secondary N) is 1. The number of aromatic nitrogens is 2. The van der Waals surface area contributed by atoms with E-state index in [1.54, 1.807) is 0 Å². The van der Waals surface area contributed by atoms with E-state index in [9.17, 15) is 4.79 Å². The summed E-state index contributed by atoms with van der Waals surface area (Å²) in [5.41, 5.74) is 0. The molecule has 1 aromatic rings. The molecule has 5 nitrogen and oxygen atoms in total. The first-order chi connectivity index (χ1) is 8.65. The summed E-state index contributed by atoms with van der Waals surface area (Å²) in [4.78, 5) is 11.9. The molecule has 100 valence electrons. The van der Waals surface area contributed by atoms with Crippen molar-refractivity contribution in [1.82, 2.24) is 15.5 Å². The lowest BCUT2D eigenvalue weighted by atomic mass is 10.2. The summed E-state index contributed by atoms with van der Waals surface area (Å²) in [6.07, 6.45) is 2.32. The summed E-state index contributed by atoms with van der Waals surface area (Å²) in [6.45, 7) is 5.21. The van der Waals surface area contributed by atoms with E-state index in [4.69, 9.17) is 4.74 Å². The molecule has 18 heavy (non-hydrogen) atoms.